The molecule has 1 N–H and O–H groups in total. The highest BCUT2D eigenvalue weighted by atomic mass is 16.5. The van der Waals surface area contributed by atoms with Gasteiger partial charge in [-0.15, -0.1) is 0 Å². The van der Waals surface area contributed by atoms with Gasteiger partial charge in [-0.25, -0.2) is 9.67 Å². The molecule has 8 nitrogen and oxygen atoms in total. The zero-order valence-corrected chi connectivity index (χ0v) is 20.4. The molecule has 0 saturated heterocycles. The third kappa shape index (κ3) is 5.85. The first kappa shape index (κ1) is 24.0. The van der Waals surface area contributed by atoms with Gasteiger partial charge in [-0.1, -0.05) is 18.2 Å². The molecule has 0 aliphatic rings. The molecule has 0 atom stereocenters. The number of carbonyl (C=O) groups is 1. The van der Waals surface area contributed by atoms with Crippen LogP contribution in [0.15, 0.2) is 73.3 Å². The van der Waals surface area contributed by atoms with E-state index in [2.05, 4.69) is 15.4 Å². The number of rotatable bonds is 9. The van der Waals surface area contributed by atoms with Crippen LogP contribution in [0.4, 0.5) is 5.69 Å². The summed E-state index contributed by atoms with van der Waals surface area (Å²) in [6.07, 6.45) is 3.17. The smallest absolute Gasteiger partial charge is 0.255 e. The summed E-state index contributed by atoms with van der Waals surface area (Å²) in [5.74, 6) is 1.02. The van der Waals surface area contributed by atoms with Crippen molar-refractivity contribution in [2.24, 2.45) is 0 Å². The van der Waals surface area contributed by atoms with E-state index in [1.54, 1.807) is 36.3 Å². The van der Waals surface area contributed by atoms with Crippen molar-refractivity contribution in [3.05, 3.63) is 84.4 Å². The van der Waals surface area contributed by atoms with Gasteiger partial charge in [-0.3, -0.25) is 4.79 Å². The van der Waals surface area contributed by atoms with Gasteiger partial charge in [-0.2, -0.15) is 5.10 Å². The summed E-state index contributed by atoms with van der Waals surface area (Å²) in [5, 5.41) is 7.11. The molecule has 0 unspecified atom stereocenters. The second-order valence-corrected chi connectivity index (χ2v) is 8.39. The van der Waals surface area contributed by atoms with Crippen LogP contribution < -0.4 is 14.8 Å². The third-order valence-corrected chi connectivity index (χ3v) is 5.57. The van der Waals surface area contributed by atoms with Crippen molar-refractivity contribution in [1.82, 2.24) is 19.7 Å². The molecule has 35 heavy (non-hydrogen) atoms. The standard InChI is InChI=1S/C27H29N5O3/c1-19-15-21(7-11-24(19)20-5-9-23(10-6-20)32-18-28-17-29-32)27(33)30-22-8-12-25(34-4)26(16-22)35-14-13-31(2)3/h5-12,15-18H,13-14H2,1-4H3,(H,30,33). The van der Waals surface area contributed by atoms with Crippen molar-refractivity contribution in [1.29, 1.82) is 0 Å². The lowest BCUT2D eigenvalue weighted by molar-refractivity contribution is 0.102. The minimum Gasteiger partial charge on any atom is -0.493 e. The van der Waals surface area contributed by atoms with Gasteiger partial charge in [0.05, 0.1) is 12.8 Å². The van der Waals surface area contributed by atoms with Crippen molar-refractivity contribution in [3.63, 3.8) is 0 Å². The number of nitrogens with zero attached hydrogens (tertiary/aromatic N) is 4. The molecule has 0 spiro atoms. The SMILES string of the molecule is COc1ccc(NC(=O)c2ccc(-c3ccc(-n4cncn4)cc3)c(C)c2)cc1OCCN(C)C. The van der Waals surface area contributed by atoms with Gasteiger partial charge in [0.2, 0.25) is 0 Å². The maximum absolute atomic E-state index is 13.0. The highest BCUT2D eigenvalue weighted by Gasteiger charge is 2.12. The molecule has 180 valence electrons. The van der Waals surface area contributed by atoms with E-state index in [1.807, 2.05) is 68.4 Å². The molecule has 1 amide bonds. The number of likely N-dealkylation sites (N-methyl/N-ethyl adjacent to an activating group) is 1. The fraction of sp³-hybridized carbons (Fsp3) is 0.222. The van der Waals surface area contributed by atoms with Gasteiger partial charge in [0.15, 0.2) is 11.5 Å². The molecule has 0 bridgehead atoms. The van der Waals surface area contributed by atoms with Crippen LogP contribution in [0.5, 0.6) is 11.5 Å². The van der Waals surface area contributed by atoms with Crippen molar-refractivity contribution in [2.75, 3.05) is 39.7 Å². The van der Waals surface area contributed by atoms with Gasteiger partial charge in [0.25, 0.3) is 5.91 Å². The molecule has 1 aromatic heterocycles. The Hall–Kier alpha value is -4.17. The molecule has 8 heteroatoms. The van der Waals surface area contributed by atoms with Crippen LogP contribution in [-0.4, -0.2) is 59.9 Å². The van der Waals surface area contributed by atoms with E-state index in [4.69, 9.17) is 9.47 Å². The number of benzene rings is 3. The van der Waals surface area contributed by atoms with Crippen molar-refractivity contribution < 1.29 is 14.3 Å². The lowest BCUT2D eigenvalue weighted by Gasteiger charge is -2.15. The van der Waals surface area contributed by atoms with E-state index in [1.165, 1.54) is 6.33 Å². The normalized spacial score (nSPS) is 10.9. The number of carbonyl (C=O) groups excluding carboxylic acids is 1. The zero-order valence-electron chi connectivity index (χ0n) is 20.4. The van der Waals surface area contributed by atoms with Crippen LogP contribution >= 0.6 is 0 Å². The number of nitrogens with one attached hydrogen (secondary N) is 1. The molecular formula is C27H29N5O3. The van der Waals surface area contributed by atoms with E-state index in [0.717, 1.165) is 28.9 Å². The summed E-state index contributed by atoms with van der Waals surface area (Å²) in [6, 6.07) is 19.1. The minimum atomic E-state index is -0.189. The first-order chi connectivity index (χ1) is 16.9. The Morgan fingerprint density at radius 2 is 1.83 bits per heavy atom. The van der Waals surface area contributed by atoms with Gasteiger partial charge >= 0.3 is 0 Å². The molecule has 4 rings (SSSR count). The van der Waals surface area contributed by atoms with Crippen molar-refractivity contribution in [2.45, 2.75) is 6.92 Å². The molecule has 3 aromatic carbocycles. The maximum Gasteiger partial charge on any atom is 0.255 e. The Labute approximate surface area is 205 Å². The predicted octanol–water partition coefficient (Wildman–Crippen LogP) is 4.44. The number of methoxy groups -OCH3 is 1. The zero-order chi connectivity index (χ0) is 24.8. The summed E-state index contributed by atoms with van der Waals surface area (Å²) in [7, 11) is 5.57. The van der Waals surface area contributed by atoms with Crippen LogP contribution in [0.2, 0.25) is 0 Å². The quantitative estimate of drug-likeness (QED) is 0.389. The largest absolute Gasteiger partial charge is 0.493 e. The predicted molar refractivity (Wildman–Crippen MR) is 137 cm³/mol. The highest BCUT2D eigenvalue weighted by molar-refractivity contribution is 6.04. The second kappa shape index (κ2) is 10.8. The van der Waals surface area contributed by atoms with E-state index in [-0.39, 0.29) is 5.91 Å². The first-order valence-electron chi connectivity index (χ1n) is 11.3. The Morgan fingerprint density at radius 1 is 1.03 bits per heavy atom. The summed E-state index contributed by atoms with van der Waals surface area (Å²) in [6.45, 7) is 3.29. The van der Waals surface area contributed by atoms with Crippen molar-refractivity contribution >= 4 is 11.6 Å². The number of hydrogen-bond donors (Lipinski definition) is 1. The van der Waals surface area contributed by atoms with Gasteiger partial charge in [0, 0.05) is 23.9 Å². The molecule has 0 radical (unpaired) electrons. The average molecular weight is 472 g/mol. The molecule has 0 aliphatic carbocycles. The second-order valence-electron chi connectivity index (χ2n) is 8.39. The summed E-state index contributed by atoms with van der Waals surface area (Å²) in [4.78, 5) is 19.0. The Balaban J connectivity index is 1.47. The summed E-state index contributed by atoms with van der Waals surface area (Å²) < 4.78 is 13.0. The molecule has 0 saturated carbocycles. The van der Waals surface area contributed by atoms with Crippen LogP contribution in [0, 0.1) is 6.92 Å². The van der Waals surface area contributed by atoms with Crippen LogP contribution in [-0.2, 0) is 0 Å². The van der Waals surface area contributed by atoms with Crippen LogP contribution in [0.3, 0.4) is 0 Å². The summed E-state index contributed by atoms with van der Waals surface area (Å²) >= 11 is 0. The fourth-order valence-corrected chi connectivity index (χ4v) is 3.67. The van der Waals surface area contributed by atoms with E-state index in [9.17, 15) is 4.79 Å². The van der Waals surface area contributed by atoms with Gasteiger partial charge in [-0.05, 0) is 74.1 Å². The third-order valence-electron chi connectivity index (χ3n) is 5.57. The first-order valence-corrected chi connectivity index (χ1v) is 11.3. The monoisotopic (exact) mass is 471 g/mol. The number of aromatic nitrogens is 3. The van der Waals surface area contributed by atoms with Gasteiger partial charge < -0.3 is 19.7 Å². The van der Waals surface area contributed by atoms with Crippen molar-refractivity contribution in [3.8, 4) is 28.3 Å². The molecule has 0 aliphatic heterocycles. The number of ether oxygens (including phenoxy) is 2. The maximum atomic E-state index is 13.0. The van der Waals surface area contributed by atoms with E-state index >= 15 is 0 Å². The molecule has 1 heterocycles. The lowest BCUT2D eigenvalue weighted by Crippen LogP contribution is -2.19. The number of anilines is 1. The summed E-state index contributed by atoms with van der Waals surface area (Å²) in [5.41, 5.74) is 5.29. The lowest BCUT2D eigenvalue weighted by atomic mass is 9.98. The number of aryl methyl sites for hydroxylation is 1. The molecular weight excluding hydrogens is 442 g/mol. The van der Waals surface area contributed by atoms with E-state index in [0.29, 0.717) is 29.4 Å². The van der Waals surface area contributed by atoms with Gasteiger partial charge in [0.1, 0.15) is 19.3 Å². The minimum absolute atomic E-state index is 0.189. The highest BCUT2D eigenvalue weighted by Crippen LogP contribution is 2.31. The van der Waals surface area contributed by atoms with E-state index < -0.39 is 0 Å². The van der Waals surface area contributed by atoms with Crippen LogP contribution in [0.1, 0.15) is 15.9 Å². The Kier molecular flexibility index (Phi) is 7.42. The number of amides is 1. The molecule has 4 aromatic rings. The topological polar surface area (TPSA) is 81.5 Å². The fourth-order valence-electron chi connectivity index (χ4n) is 3.67. The average Bonchev–Trinajstić information content (AvgIpc) is 3.39. The Bertz CT molecular complexity index is 1280. The molecule has 0 fully saturated rings. The Morgan fingerprint density at radius 3 is 2.49 bits per heavy atom. The number of hydrogen-bond acceptors (Lipinski definition) is 6. The van der Waals surface area contributed by atoms with Crippen LogP contribution in [0.25, 0.3) is 16.8 Å².